The topological polar surface area (TPSA) is 57.7 Å². The summed E-state index contributed by atoms with van der Waals surface area (Å²) in [6.45, 7) is 7.58. The zero-order valence-corrected chi connectivity index (χ0v) is 14.4. The summed E-state index contributed by atoms with van der Waals surface area (Å²) in [5.74, 6) is 0.981. The molecule has 0 aliphatic rings. The number of rotatable bonds is 6. The van der Waals surface area contributed by atoms with Crippen LogP contribution in [0.2, 0.25) is 0 Å². The van der Waals surface area contributed by atoms with E-state index in [0.29, 0.717) is 0 Å². The molecule has 0 bridgehead atoms. The van der Waals surface area contributed by atoms with Crippen molar-refractivity contribution >= 4 is 46.2 Å². The fourth-order valence-electron chi connectivity index (χ4n) is 2.37. The van der Waals surface area contributed by atoms with Crippen LogP contribution in [0.15, 0.2) is 29.4 Å². The second kappa shape index (κ2) is 7.76. The Hall–Kier alpha value is -1.37. The third kappa shape index (κ3) is 3.51. The van der Waals surface area contributed by atoms with Gasteiger partial charge < -0.3 is 9.88 Å². The van der Waals surface area contributed by atoms with E-state index in [1.165, 1.54) is 0 Å². The third-order valence-corrected chi connectivity index (χ3v) is 4.45. The minimum Gasteiger partial charge on any atom is -0.338 e. The molecule has 0 amide bonds. The van der Waals surface area contributed by atoms with Gasteiger partial charge in [0.2, 0.25) is 5.16 Å². The number of nitrogens with zero attached hydrogens (tertiary/aromatic N) is 4. The predicted molar refractivity (Wildman–Crippen MR) is 94.9 cm³/mol. The highest BCUT2D eigenvalue weighted by Crippen LogP contribution is 2.23. The van der Waals surface area contributed by atoms with Crippen molar-refractivity contribution in [3.05, 3.63) is 24.3 Å². The first kappa shape index (κ1) is 17.0. The molecule has 3 rings (SSSR count). The van der Waals surface area contributed by atoms with Gasteiger partial charge in [-0.25, -0.2) is 4.98 Å². The average molecular weight is 338 g/mol. The van der Waals surface area contributed by atoms with Gasteiger partial charge in [-0.15, -0.1) is 22.6 Å². The van der Waals surface area contributed by atoms with Gasteiger partial charge in [0.05, 0.1) is 0 Å². The van der Waals surface area contributed by atoms with Crippen LogP contribution in [0, 0.1) is 0 Å². The van der Waals surface area contributed by atoms with E-state index >= 15 is 0 Å². The maximum absolute atomic E-state index is 4.58. The van der Waals surface area contributed by atoms with E-state index in [9.17, 15) is 0 Å². The summed E-state index contributed by atoms with van der Waals surface area (Å²) in [5, 5.41) is 10.4. The molecule has 3 aromatic rings. The van der Waals surface area contributed by atoms with Crippen LogP contribution in [0.4, 0.5) is 0 Å². The maximum atomic E-state index is 4.58. The molecule has 2 aromatic heterocycles. The summed E-state index contributed by atoms with van der Waals surface area (Å²) in [4.78, 5) is 10.3. The molecule has 0 saturated carbocycles. The van der Waals surface area contributed by atoms with Gasteiger partial charge in [0.1, 0.15) is 5.52 Å². The number of hydrogen-bond acceptors (Lipinski definition) is 5. The van der Waals surface area contributed by atoms with E-state index in [-0.39, 0.29) is 12.4 Å². The van der Waals surface area contributed by atoms with E-state index in [1.807, 2.05) is 24.3 Å². The van der Waals surface area contributed by atoms with E-state index in [2.05, 4.69) is 38.9 Å². The summed E-state index contributed by atoms with van der Waals surface area (Å²) in [6.07, 6.45) is 0. The number of H-pyrrole nitrogens is 1. The van der Waals surface area contributed by atoms with Crippen LogP contribution in [-0.2, 0) is 0 Å². The highest BCUT2D eigenvalue weighted by atomic mass is 35.5. The number of hydrogen-bond donors (Lipinski definition) is 1. The summed E-state index contributed by atoms with van der Waals surface area (Å²) < 4.78 is 0. The fourth-order valence-corrected chi connectivity index (χ4v) is 3.16. The molecule has 22 heavy (non-hydrogen) atoms. The van der Waals surface area contributed by atoms with Gasteiger partial charge in [-0.2, -0.15) is 0 Å². The van der Waals surface area contributed by atoms with Crippen LogP contribution >= 0.6 is 24.2 Å². The van der Waals surface area contributed by atoms with Crippen molar-refractivity contribution in [1.82, 2.24) is 25.1 Å². The molecular formula is C15H20ClN5S. The number of benzene rings is 1. The predicted octanol–water partition coefficient (Wildman–Crippen LogP) is 3.36. The summed E-state index contributed by atoms with van der Waals surface area (Å²) >= 11 is 1.66. The molecule has 0 unspecified atom stereocenters. The number of aromatic nitrogens is 4. The van der Waals surface area contributed by atoms with Crippen LogP contribution in [0.3, 0.4) is 0 Å². The van der Waals surface area contributed by atoms with Crippen LogP contribution in [0.5, 0.6) is 0 Å². The minimum atomic E-state index is 0. The fraction of sp³-hybridized carbons (Fsp3) is 0.400. The molecule has 0 fully saturated rings. The Morgan fingerprint density at radius 1 is 1.14 bits per heavy atom. The van der Waals surface area contributed by atoms with Crippen LogP contribution in [-0.4, -0.2) is 50.5 Å². The van der Waals surface area contributed by atoms with Crippen LogP contribution in [0.1, 0.15) is 13.8 Å². The molecule has 5 nitrogen and oxygen atoms in total. The minimum absolute atomic E-state index is 0. The van der Waals surface area contributed by atoms with Gasteiger partial charge in [0.15, 0.2) is 5.65 Å². The molecule has 0 aliphatic heterocycles. The van der Waals surface area contributed by atoms with Gasteiger partial charge in [-0.05, 0) is 19.2 Å². The molecule has 0 spiro atoms. The molecule has 1 aromatic carbocycles. The van der Waals surface area contributed by atoms with Crippen LogP contribution < -0.4 is 0 Å². The van der Waals surface area contributed by atoms with Crippen molar-refractivity contribution in [1.29, 1.82) is 0 Å². The molecule has 7 heteroatoms. The number of halogens is 1. The van der Waals surface area contributed by atoms with Gasteiger partial charge in [0, 0.05) is 23.2 Å². The van der Waals surface area contributed by atoms with E-state index in [1.54, 1.807) is 11.8 Å². The Balaban J connectivity index is 0.00000176. The Morgan fingerprint density at radius 3 is 2.68 bits per heavy atom. The second-order valence-electron chi connectivity index (χ2n) is 4.84. The lowest BCUT2D eigenvalue weighted by molar-refractivity contribution is 0.324. The molecular weight excluding hydrogens is 318 g/mol. The first-order valence-electron chi connectivity index (χ1n) is 7.28. The summed E-state index contributed by atoms with van der Waals surface area (Å²) in [6, 6.07) is 8.08. The highest BCUT2D eigenvalue weighted by Gasteiger charge is 2.09. The lowest BCUT2D eigenvalue weighted by Crippen LogP contribution is -2.25. The summed E-state index contributed by atoms with van der Waals surface area (Å²) in [7, 11) is 0. The lowest BCUT2D eigenvalue weighted by atomic mass is 10.2. The van der Waals surface area contributed by atoms with Gasteiger partial charge in [0.25, 0.3) is 0 Å². The van der Waals surface area contributed by atoms with Crippen molar-refractivity contribution in [2.75, 3.05) is 25.4 Å². The van der Waals surface area contributed by atoms with Gasteiger partial charge in [-0.3, -0.25) is 0 Å². The first-order valence-corrected chi connectivity index (χ1v) is 8.26. The molecule has 0 atom stereocenters. The van der Waals surface area contributed by atoms with Crippen molar-refractivity contribution in [2.24, 2.45) is 0 Å². The third-order valence-electron chi connectivity index (χ3n) is 3.64. The number of aromatic amines is 1. The molecule has 0 aliphatic carbocycles. The van der Waals surface area contributed by atoms with Crippen molar-refractivity contribution in [3.63, 3.8) is 0 Å². The number of nitrogens with one attached hydrogen (secondary N) is 1. The lowest BCUT2D eigenvalue weighted by Gasteiger charge is -2.16. The average Bonchev–Trinajstić information content (AvgIpc) is 2.89. The SMILES string of the molecule is CCN(CC)CCSc1nnc2c(n1)[nH]c1ccccc12.Cl. The van der Waals surface area contributed by atoms with Gasteiger partial charge >= 0.3 is 0 Å². The Labute approximate surface area is 140 Å². The zero-order chi connectivity index (χ0) is 14.7. The molecule has 2 heterocycles. The Kier molecular flexibility index (Phi) is 5.99. The van der Waals surface area contributed by atoms with Crippen molar-refractivity contribution in [3.8, 4) is 0 Å². The monoisotopic (exact) mass is 337 g/mol. The van der Waals surface area contributed by atoms with Crippen molar-refractivity contribution in [2.45, 2.75) is 19.0 Å². The van der Waals surface area contributed by atoms with Crippen LogP contribution in [0.25, 0.3) is 22.1 Å². The van der Waals surface area contributed by atoms with Crippen molar-refractivity contribution < 1.29 is 0 Å². The van der Waals surface area contributed by atoms with Gasteiger partial charge in [-0.1, -0.05) is 43.8 Å². The smallest absolute Gasteiger partial charge is 0.211 e. The largest absolute Gasteiger partial charge is 0.338 e. The number of para-hydroxylation sites is 1. The molecule has 118 valence electrons. The Morgan fingerprint density at radius 2 is 1.91 bits per heavy atom. The molecule has 0 radical (unpaired) electrons. The first-order chi connectivity index (χ1) is 10.3. The quantitative estimate of drug-likeness (QED) is 0.699. The van der Waals surface area contributed by atoms with E-state index < -0.39 is 0 Å². The standard InChI is InChI=1S/C15H19N5S.ClH/c1-3-20(4-2)9-10-21-15-17-14-13(18-19-15)11-7-5-6-8-12(11)16-14;/h5-8H,3-4,9-10H2,1-2H3,(H,16,17,19);1H. The maximum Gasteiger partial charge on any atom is 0.211 e. The number of fused-ring (bicyclic) bond motifs is 3. The molecule has 0 saturated heterocycles. The summed E-state index contributed by atoms with van der Waals surface area (Å²) in [5.41, 5.74) is 2.72. The highest BCUT2D eigenvalue weighted by molar-refractivity contribution is 7.99. The zero-order valence-electron chi connectivity index (χ0n) is 12.7. The Bertz CT molecular complexity index is 741. The van der Waals surface area contributed by atoms with E-state index in [4.69, 9.17) is 0 Å². The molecule has 1 N–H and O–H groups in total. The second-order valence-corrected chi connectivity index (χ2v) is 5.90. The van der Waals surface area contributed by atoms with E-state index in [0.717, 1.165) is 52.6 Å². The number of thioether (sulfide) groups is 1. The normalized spacial score (nSPS) is 11.2.